The summed E-state index contributed by atoms with van der Waals surface area (Å²) in [5.74, 6) is 0.204. The Kier molecular flexibility index (Phi) is 5.62. The molecule has 2 heterocycles. The number of ether oxygens (including phenoxy) is 3. The summed E-state index contributed by atoms with van der Waals surface area (Å²) in [6, 6.07) is 17.2. The van der Waals surface area contributed by atoms with Gasteiger partial charge in [0.1, 0.15) is 5.75 Å². The van der Waals surface area contributed by atoms with Crippen LogP contribution in [0.4, 0.5) is 8.78 Å². The molecule has 7 heteroatoms. The Morgan fingerprint density at radius 1 is 0.970 bits per heavy atom. The van der Waals surface area contributed by atoms with Gasteiger partial charge in [0.2, 0.25) is 6.23 Å². The molecule has 0 N–H and O–H groups in total. The van der Waals surface area contributed by atoms with Gasteiger partial charge in [-0.3, -0.25) is 0 Å². The highest BCUT2D eigenvalue weighted by molar-refractivity contribution is 6.02. The highest BCUT2D eigenvalue weighted by Crippen LogP contribution is 2.50. The monoisotopic (exact) mass is 450 g/mol. The second-order valence-electron chi connectivity index (χ2n) is 7.86. The van der Waals surface area contributed by atoms with E-state index in [1.807, 2.05) is 61.3 Å². The van der Waals surface area contributed by atoms with Gasteiger partial charge in [0.25, 0.3) is 0 Å². The molecule has 3 aromatic rings. The number of para-hydroxylation sites is 1. The van der Waals surface area contributed by atoms with Crippen LogP contribution in [0, 0.1) is 11.6 Å². The fourth-order valence-corrected chi connectivity index (χ4v) is 4.32. The van der Waals surface area contributed by atoms with Gasteiger partial charge in [-0.1, -0.05) is 18.2 Å². The van der Waals surface area contributed by atoms with Gasteiger partial charge in [-0.2, -0.15) is 5.10 Å². The second kappa shape index (κ2) is 8.73. The van der Waals surface area contributed by atoms with Crippen molar-refractivity contribution in [2.45, 2.75) is 32.5 Å². The maximum absolute atomic E-state index is 14.1. The molecule has 0 aliphatic carbocycles. The fourth-order valence-electron chi connectivity index (χ4n) is 4.32. The molecule has 0 amide bonds. The van der Waals surface area contributed by atoms with E-state index in [1.54, 1.807) is 0 Å². The van der Waals surface area contributed by atoms with Crippen molar-refractivity contribution in [1.29, 1.82) is 0 Å². The maximum Gasteiger partial charge on any atom is 0.214 e. The summed E-state index contributed by atoms with van der Waals surface area (Å²) >= 11 is 0. The Morgan fingerprint density at radius 2 is 1.76 bits per heavy atom. The second-order valence-corrected chi connectivity index (χ2v) is 7.86. The molecule has 0 aromatic heterocycles. The molecule has 0 saturated heterocycles. The zero-order valence-corrected chi connectivity index (χ0v) is 18.4. The number of rotatable bonds is 6. The molecule has 2 atom stereocenters. The quantitative estimate of drug-likeness (QED) is 0.462. The summed E-state index contributed by atoms with van der Waals surface area (Å²) in [6.07, 6.45) is -0.0838. The average molecular weight is 450 g/mol. The summed E-state index contributed by atoms with van der Waals surface area (Å²) in [5, 5.41) is 6.70. The van der Waals surface area contributed by atoms with Crippen LogP contribution in [0.3, 0.4) is 0 Å². The van der Waals surface area contributed by atoms with E-state index in [0.29, 0.717) is 36.7 Å². The van der Waals surface area contributed by atoms with E-state index in [0.717, 1.165) is 34.7 Å². The Bertz CT molecular complexity index is 1200. The van der Waals surface area contributed by atoms with Crippen molar-refractivity contribution in [3.05, 3.63) is 89.0 Å². The molecule has 3 aromatic carbocycles. The molecule has 0 unspecified atom stereocenters. The minimum Gasteiger partial charge on any atom is -0.494 e. The molecule has 2 aliphatic rings. The lowest BCUT2D eigenvalue weighted by Crippen LogP contribution is -2.34. The summed E-state index contributed by atoms with van der Waals surface area (Å²) in [6.45, 7) is 4.93. The molecule has 0 bridgehead atoms. The lowest BCUT2D eigenvalue weighted by Gasteiger charge is -2.38. The largest absolute Gasteiger partial charge is 0.494 e. The first-order chi connectivity index (χ1) is 16.1. The van der Waals surface area contributed by atoms with Gasteiger partial charge in [-0.05, 0) is 61.9 Å². The SMILES string of the molecule is CCOc1ccc(C2=NN3[C@@H](C2)c2cccc(OCC)c2O[C@H]3c2ccc(F)c(F)c2)cc1. The van der Waals surface area contributed by atoms with Gasteiger partial charge < -0.3 is 14.2 Å². The van der Waals surface area contributed by atoms with Gasteiger partial charge in [0.05, 0.1) is 25.0 Å². The van der Waals surface area contributed by atoms with E-state index in [1.165, 1.54) is 6.07 Å². The predicted octanol–water partition coefficient (Wildman–Crippen LogP) is 6.00. The minimum atomic E-state index is -0.925. The van der Waals surface area contributed by atoms with E-state index in [2.05, 4.69) is 0 Å². The van der Waals surface area contributed by atoms with Gasteiger partial charge in [-0.15, -0.1) is 0 Å². The molecule has 0 saturated carbocycles. The first-order valence-electron chi connectivity index (χ1n) is 11.1. The number of hydrazone groups is 1. The van der Waals surface area contributed by atoms with Crippen molar-refractivity contribution in [2.24, 2.45) is 5.10 Å². The van der Waals surface area contributed by atoms with E-state index >= 15 is 0 Å². The Morgan fingerprint density at radius 3 is 2.48 bits per heavy atom. The van der Waals surface area contributed by atoms with E-state index in [-0.39, 0.29) is 6.04 Å². The van der Waals surface area contributed by atoms with Gasteiger partial charge in [0.15, 0.2) is 23.1 Å². The van der Waals surface area contributed by atoms with Gasteiger partial charge in [-0.25, -0.2) is 13.8 Å². The molecule has 2 aliphatic heterocycles. The van der Waals surface area contributed by atoms with Crippen LogP contribution in [0.5, 0.6) is 17.2 Å². The molecule has 33 heavy (non-hydrogen) atoms. The number of nitrogens with zero attached hydrogens (tertiary/aromatic N) is 2. The first kappa shape index (κ1) is 21.2. The van der Waals surface area contributed by atoms with Crippen molar-refractivity contribution < 1.29 is 23.0 Å². The predicted molar refractivity (Wildman–Crippen MR) is 121 cm³/mol. The van der Waals surface area contributed by atoms with Crippen molar-refractivity contribution in [3.63, 3.8) is 0 Å². The lowest BCUT2D eigenvalue weighted by molar-refractivity contribution is -0.0214. The molecule has 0 spiro atoms. The van der Waals surface area contributed by atoms with Gasteiger partial charge >= 0.3 is 0 Å². The topological polar surface area (TPSA) is 43.3 Å². The average Bonchev–Trinajstić information content (AvgIpc) is 3.27. The first-order valence-corrected chi connectivity index (χ1v) is 11.1. The maximum atomic E-state index is 14.1. The van der Waals surface area contributed by atoms with Crippen molar-refractivity contribution in [3.8, 4) is 17.2 Å². The number of hydrogen-bond donors (Lipinski definition) is 0. The summed E-state index contributed by atoms with van der Waals surface area (Å²) in [5.41, 5.74) is 3.28. The Hall–Kier alpha value is -3.61. The van der Waals surface area contributed by atoms with Crippen LogP contribution in [0.25, 0.3) is 0 Å². The third-order valence-electron chi connectivity index (χ3n) is 5.81. The van der Waals surface area contributed by atoms with Crippen LogP contribution in [0.15, 0.2) is 65.8 Å². The number of halogens is 2. The zero-order chi connectivity index (χ0) is 22.9. The number of fused-ring (bicyclic) bond motifs is 3. The van der Waals surface area contributed by atoms with Crippen LogP contribution in [0.2, 0.25) is 0 Å². The van der Waals surface area contributed by atoms with E-state index in [9.17, 15) is 8.78 Å². The number of hydrogen-bond acceptors (Lipinski definition) is 5. The van der Waals surface area contributed by atoms with Crippen molar-refractivity contribution in [1.82, 2.24) is 5.01 Å². The standard InChI is InChI=1S/C26H24F2N2O3/c1-3-31-18-11-8-16(9-12-18)22-15-23-19-6-5-7-24(32-4-2)25(19)33-26(30(23)29-22)17-10-13-20(27)21(28)14-17/h5-14,23,26H,3-4,15H2,1-2H3/t23-,26-/m0/s1. The van der Waals surface area contributed by atoms with Crippen LogP contribution in [-0.4, -0.2) is 23.9 Å². The molecule has 0 radical (unpaired) electrons. The smallest absolute Gasteiger partial charge is 0.214 e. The van der Waals surface area contributed by atoms with Crippen LogP contribution < -0.4 is 14.2 Å². The van der Waals surface area contributed by atoms with Crippen LogP contribution >= 0.6 is 0 Å². The molecule has 170 valence electrons. The molecular formula is C26H24F2N2O3. The Labute approximate surface area is 191 Å². The third kappa shape index (κ3) is 3.88. The highest BCUT2D eigenvalue weighted by Gasteiger charge is 2.42. The summed E-state index contributed by atoms with van der Waals surface area (Å²) < 4.78 is 45.4. The zero-order valence-electron chi connectivity index (χ0n) is 18.4. The normalized spacial score (nSPS) is 18.8. The van der Waals surface area contributed by atoms with Crippen molar-refractivity contribution >= 4 is 5.71 Å². The third-order valence-corrected chi connectivity index (χ3v) is 5.81. The molecule has 5 nitrogen and oxygen atoms in total. The molecular weight excluding hydrogens is 426 g/mol. The van der Waals surface area contributed by atoms with Crippen LogP contribution in [0.1, 0.15) is 49.2 Å². The summed E-state index contributed by atoms with van der Waals surface area (Å²) in [7, 11) is 0. The van der Waals surface area contributed by atoms with Gasteiger partial charge in [0, 0.05) is 17.5 Å². The van der Waals surface area contributed by atoms with Crippen molar-refractivity contribution in [2.75, 3.05) is 13.2 Å². The van der Waals surface area contributed by atoms with Crippen LogP contribution in [-0.2, 0) is 0 Å². The fraction of sp³-hybridized carbons (Fsp3) is 0.269. The Balaban J connectivity index is 1.57. The summed E-state index contributed by atoms with van der Waals surface area (Å²) in [4.78, 5) is 0. The van der Waals surface area contributed by atoms with E-state index < -0.39 is 17.9 Å². The molecule has 0 fully saturated rings. The number of benzene rings is 3. The molecule has 5 rings (SSSR count). The minimum absolute atomic E-state index is 0.131. The van der Waals surface area contributed by atoms with E-state index in [4.69, 9.17) is 19.3 Å². The lowest BCUT2D eigenvalue weighted by atomic mass is 9.95. The highest BCUT2D eigenvalue weighted by atomic mass is 19.2.